The number of Topliss-reactive ketones (excluding diaryl/α,β-unsaturated/α-hetero) is 1. The van der Waals surface area contributed by atoms with Crippen LogP contribution in [0.5, 0.6) is 11.5 Å². The highest BCUT2D eigenvalue weighted by Gasteiger charge is 2.31. The number of nitrogens with one attached hydrogen (secondary N) is 1. The number of hydrogen-bond donors (Lipinski definition) is 2. The first-order valence-electron chi connectivity index (χ1n) is 11.2. The molecule has 2 aromatic rings. The third kappa shape index (κ3) is 5.85. The van der Waals surface area contributed by atoms with Gasteiger partial charge >= 0.3 is 5.97 Å². The SMILES string of the molecule is CCOC(=O)COc1cc(O)c(C(=O)CN2Cc3cc(C(=N)SC)ccc3C2=O)cc1C(C)(C)C. The molecule has 9 heteroatoms. The van der Waals surface area contributed by atoms with Crippen LogP contribution < -0.4 is 4.74 Å². The lowest BCUT2D eigenvalue weighted by Crippen LogP contribution is -2.30. The van der Waals surface area contributed by atoms with Crippen molar-refractivity contribution in [3.8, 4) is 11.5 Å². The molecule has 0 saturated heterocycles. The molecule has 0 saturated carbocycles. The summed E-state index contributed by atoms with van der Waals surface area (Å²) in [7, 11) is 0. The fourth-order valence-corrected chi connectivity index (χ4v) is 4.23. The third-order valence-electron chi connectivity index (χ3n) is 5.64. The van der Waals surface area contributed by atoms with Crippen molar-refractivity contribution in [3.63, 3.8) is 0 Å². The predicted molar refractivity (Wildman–Crippen MR) is 135 cm³/mol. The summed E-state index contributed by atoms with van der Waals surface area (Å²) < 4.78 is 10.5. The van der Waals surface area contributed by atoms with E-state index in [1.54, 1.807) is 31.2 Å². The molecule has 2 N–H and O–H groups in total. The number of phenols is 1. The first kappa shape index (κ1) is 26.3. The Balaban J connectivity index is 1.83. The lowest BCUT2D eigenvalue weighted by molar-refractivity contribution is -0.145. The zero-order chi connectivity index (χ0) is 25.9. The van der Waals surface area contributed by atoms with E-state index in [4.69, 9.17) is 14.9 Å². The molecule has 0 spiro atoms. The van der Waals surface area contributed by atoms with E-state index in [-0.39, 0.29) is 49.3 Å². The molecule has 1 aliphatic rings. The number of hydrogen-bond acceptors (Lipinski definition) is 8. The second-order valence-electron chi connectivity index (χ2n) is 9.20. The molecule has 1 heterocycles. The number of rotatable bonds is 8. The van der Waals surface area contributed by atoms with Crippen molar-refractivity contribution >= 4 is 34.5 Å². The third-order valence-corrected chi connectivity index (χ3v) is 6.29. The lowest BCUT2D eigenvalue weighted by atomic mass is 9.84. The van der Waals surface area contributed by atoms with Crippen molar-refractivity contribution in [3.05, 3.63) is 58.1 Å². The van der Waals surface area contributed by atoms with Crippen LogP contribution in [0.3, 0.4) is 0 Å². The molecule has 0 bridgehead atoms. The van der Waals surface area contributed by atoms with Gasteiger partial charge in [0.05, 0.1) is 23.8 Å². The summed E-state index contributed by atoms with van der Waals surface area (Å²) in [5, 5.41) is 19.0. The summed E-state index contributed by atoms with van der Waals surface area (Å²) >= 11 is 1.31. The molecule has 0 unspecified atom stereocenters. The molecule has 0 fully saturated rings. The number of aromatic hydroxyl groups is 1. The van der Waals surface area contributed by atoms with Gasteiger partial charge in [-0.1, -0.05) is 26.8 Å². The monoisotopic (exact) mass is 498 g/mol. The van der Waals surface area contributed by atoms with Crippen molar-refractivity contribution in [2.75, 3.05) is 26.0 Å². The van der Waals surface area contributed by atoms with Gasteiger partial charge in [-0.3, -0.25) is 15.0 Å². The molecule has 1 amide bonds. The number of phenolic OH excluding ortho intramolecular Hbond substituents is 1. The number of benzene rings is 2. The number of amides is 1. The fourth-order valence-electron chi connectivity index (χ4n) is 3.86. The summed E-state index contributed by atoms with van der Waals surface area (Å²) in [5.41, 5.74) is 2.26. The summed E-state index contributed by atoms with van der Waals surface area (Å²) in [4.78, 5) is 39.2. The van der Waals surface area contributed by atoms with Crippen LogP contribution in [0, 0.1) is 5.41 Å². The van der Waals surface area contributed by atoms with Gasteiger partial charge in [-0.2, -0.15) is 0 Å². The normalized spacial score (nSPS) is 12.9. The summed E-state index contributed by atoms with van der Waals surface area (Å²) in [5.74, 6) is -1.21. The molecule has 1 aliphatic heterocycles. The molecular formula is C26H30N2O6S. The maximum atomic E-state index is 13.2. The van der Waals surface area contributed by atoms with Gasteiger partial charge in [0.2, 0.25) is 0 Å². The minimum absolute atomic E-state index is 0.0759. The molecule has 186 valence electrons. The standard InChI is InChI=1S/C26H30N2O6S/c1-6-33-23(31)14-34-22-11-20(29)18(10-19(22)26(2,3)4)21(30)13-28-12-16-9-15(24(27)35-5)7-8-17(16)25(28)32/h7-11,27,29H,6,12-14H2,1-5H3. The molecule has 0 atom stereocenters. The minimum Gasteiger partial charge on any atom is -0.507 e. The Labute approximate surface area is 209 Å². The second kappa shape index (κ2) is 10.5. The molecule has 0 aliphatic carbocycles. The van der Waals surface area contributed by atoms with Crippen LogP contribution in [-0.2, 0) is 21.5 Å². The molecule has 3 rings (SSSR count). The van der Waals surface area contributed by atoms with E-state index in [1.807, 2.05) is 27.0 Å². The molecular weight excluding hydrogens is 468 g/mol. The van der Waals surface area contributed by atoms with E-state index >= 15 is 0 Å². The van der Waals surface area contributed by atoms with E-state index < -0.39 is 17.2 Å². The average Bonchev–Trinajstić information content (AvgIpc) is 3.10. The quantitative estimate of drug-likeness (QED) is 0.243. The van der Waals surface area contributed by atoms with Crippen LogP contribution in [0.2, 0.25) is 0 Å². The van der Waals surface area contributed by atoms with Gasteiger partial charge in [-0.15, -0.1) is 11.8 Å². The maximum Gasteiger partial charge on any atom is 0.344 e. The first-order chi connectivity index (χ1) is 16.5. The van der Waals surface area contributed by atoms with Crippen molar-refractivity contribution in [1.82, 2.24) is 4.90 Å². The van der Waals surface area contributed by atoms with Crippen molar-refractivity contribution in [2.45, 2.75) is 39.7 Å². The Morgan fingerprint density at radius 3 is 2.54 bits per heavy atom. The number of thioether (sulfide) groups is 1. The van der Waals surface area contributed by atoms with Gasteiger partial charge in [0.1, 0.15) is 11.5 Å². The Hall–Kier alpha value is -3.33. The first-order valence-corrected chi connectivity index (χ1v) is 12.4. The van der Waals surface area contributed by atoms with Gasteiger partial charge < -0.3 is 19.5 Å². The number of carbonyl (C=O) groups excluding carboxylic acids is 3. The molecule has 0 radical (unpaired) electrons. The lowest BCUT2D eigenvalue weighted by Gasteiger charge is -2.24. The number of ketones is 1. The highest BCUT2D eigenvalue weighted by atomic mass is 32.2. The Bertz CT molecular complexity index is 1190. The van der Waals surface area contributed by atoms with E-state index in [9.17, 15) is 19.5 Å². The number of ether oxygens (including phenoxy) is 2. The number of carbonyl (C=O) groups is 3. The van der Waals surface area contributed by atoms with Gasteiger partial charge in [-0.25, -0.2) is 4.79 Å². The van der Waals surface area contributed by atoms with Gasteiger partial charge in [0.25, 0.3) is 5.91 Å². The molecule has 8 nitrogen and oxygen atoms in total. The smallest absolute Gasteiger partial charge is 0.344 e. The van der Waals surface area contributed by atoms with E-state index in [0.29, 0.717) is 16.2 Å². The highest BCUT2D eigenvalue weighted by molar-refractivity contribution is 8.13. The number of nitrogens with zero attached hydrogens (tertiary/aromatic N) is 1. The van der Waals surface area contributed by atoms with Gasteiger partial charge in [-0.05, 0) is 42.4 Å². The summed E-state index contributed by atoms with van der Waals surface area (Å²) in [6.45, 7) is 7.43. The number of esters is 1. The van der Waals surface area contributed by atoms with Crippen LogP contribution in [0.25, 0.3) is 0 Å². The summed E-state index contributed by atoms with van der Waals surface area (Å²) in [6.07, 6.45) is 1.82. The zero-order valence-corrected chi connectivity index (χ0v) is 21.4. The van der Waals surface area contributed by atoms with E-state index in [0.717, 1.165) is 11.1 Å². The van der Waals surface area contributed by atoms with Gasteiger partial charge in [0.15, 0.2) is 12.4 Å². The van der Waals surface area contributed by atoms with Crippen LogP contribution in [0.15, 0.2) is 30.3 Å². The van der Waals surface area contributed by atoms with Gasteiger partial charge in [0, 0.05) is 29.3 Å². The largest absolute Gasteiger partial charge is 0.507 e. The van der Waals surface area contributed by atoms with Crippen molar-refractivity contribution < 1.29 is 29.0 Å². The second-order valence-corrected chi connectivity index (χ2v) is 10.0. The summed E-state index contributed by atoms with van der Waals surface area (Å²) in [6, 6.07) is 8.11. The van der Waals surface area contributed by atoms with E-state index in [2.05, 4.69) is 0 Å². The Morgan fingerprint density at radius 1 is 1.20 bits per heavy atom. The van der Waals surface area contributed by atoms with Crippen LogP contribution >= 0.6 is 11.8 Å². The Morgan fingerprint density at radius 2 is 1.91 bits per heavy atom. The minimum atomic E-state index is -0.532. The molecule has 0 aromatic heterocycles. The zero-order valence-electron chi connectivity index (χ0n) is 20.6. The fraction of sp³-hybridized carbons (Fsp3) is 0.385. The van der Waals surface area contributed by atoms with Crippen LogP contribution in [-0.4, -0.2) is 58.7 Å². The average molecular weight is 499 g/mol. The van der Waals surface area contributed by atoms with Crippen molar-refractivity contribution in [2.24, 2.45) is 0 Å². The number of fused-ring (bicyclic) bond motifs is 1. The molecule has 35 heavy (non-hydrogen) atoms. The van der Waals surface area contributed by atoms with E-state index in [1.165, 1.54) is 22.7 Å². The van der Waals surface area contributed by atoms with Crippen LogP contribution in [0.1, 0.15) is 65.1 Å². The maximum absolute atomic E-state index is 13.2. The predicted octanol–water partition coefficient (Wildman–Crippen LogP) is 4.16. The highest BCUT2D eigenvalue weighted by Crippen LogP contribution is 2.37. The topological polar surface area (TPSA) is 117 Å². The Kier molecular flexibility index (Phi) is 7.90. The van der Waals surface area contributed by atoms with Crippen molar-refractivity contribution in [1.29, 1.82) is 5.41 Å². The molecule has 2 aromatic carbocycles. The van der Waals surface area contributed by atoms with Crippen LogP contribution in [0.4, 0.5) is 0 Å².